The molecule has 0 spiro atoms. The molecule has 0 unspecified atom stereocenters. The molecule has 88 valence electrons. The molecule has 1 heterocycles. The van der Waals surface area contributed by atoms with Gasteiger partial charge >= 0.3 is 0 Å². The van der Waals surface area contributed by atoms with Crippen LogP contribution >= 0.6 is 0 Å². The first kappa shape index (κ1) is 11.3. The zero-order valence-electron chi connectivity index (χ0n) is 9.89. The van der Waals surface area contributed by atoms with Crippen molar-refractivity contribution in [3.63, 3.8) is 0 Å². The highest BCUT2D eigenvalue weighted by atomic mass is 15.2. The van der Waals surface area contributed by atoms with Gasteiger partial charge in [-0.15, -0.1) is 0 Å². The van der Waals surface area contributed by atoms with Gasteiger partial charge in [0.25, 0.3) is 0 Å². The van der Waals surface area contributed by atoms with Gasteiger partial charge in [0.2, 0.25) is 0 Å². The molecular formula is C12H20N4. The highest BCUT2D eigenvalue weighted by Crippen LogP contribution is 2.22. The number of nitrogens with two attached hydrogens (primary N) is 1. The van der Waals surface area contributed by atoms with Gasteiger partial charge in [-0.25, -0.2) is 9.97 Å². The lowest BCUT2D eigenvalue weighted by Crippen LogP contribution is -2.33. The molecule has 2 rings (SSSR count). The third-order valence-electron chi connectivity index (χ3n) is 3.32. The van der Waals surface area contributed by atoms with Gasteiger partial charge in [-0.3, -0.25) is 4.90 Å². The van der Waals surface area contributed by atoms with Crippen LogP contribution in [0.4, 0.5) is 5.82 Å². The van der Waals surface area contributed by atoms with Crippen LogP contribution in [0.25, 0.3) is 0 Å². The van der Waals surface area contributed by atoms with Crippen LogP contribution in [0.5, 0.6) is 0 Å². The lowest BCUT2D eigenvalue weighted by Gasteiger charge is -2.30. The SMILES string of the molecule is CN(Cc1nccc(N)n1)C1CCCCC1. The van der Waals surface area contributed by atoms with Crippen molar-refractivity contribution in [3.8, 4) is 0 Å². The van der Waals surface area contributed by atoms with Crippen LogP contribution in [0.3, 0.4) is 0 Å². The van der Waals surface area contributed by atoms with Gasteiger partial charge in [0, 0.05) is 12.2 Å². The monoisotopic (exact) mass is 220 g/mol. The summed E-state index contributed by atoms with van der Waals surface area (Å²) in [4.78, 5) is 10.8. The van der Waals surface area contributed by atoms with Gasteiger partial charge in [-0.1, -0.05) is 19.3 Å². The van der Waals surface area contributed by atoms with Crippen molar-refractivity contribution >= 4 is 5.82 Å². The number of hydrogen-bond acceptors (Lipinski definition) is 4. The van der Waals surface area contributed by atoms with E-state index in [1.807, 2.05) is 0 Å². The molecule has 1 aromatic rings. The van der Waals surface area contributed by atoms with Crippen LogP contribution in [0.2, 0.25) is 0 Å². The van der Waals surface area contributed by atoms with Gasteiger partial charge in [0.05, 0.1) is 6.54 Å². The summed E-state index contributed by atoms with van der Waals surface area (Å²) < 4.78 is 0. The summed E-state index contributed by atoms with van der Waals surface area (Å²) in [5, 5.41) is 0. The topological polar surface area (TPSA) is 55.0 Å². The van der Waals surface area contributed by atoms with E-state index < -0.39 is 0 Å². The molecule has 0 bridgehead atoms. The average Bonchev–Trinajstić information content (AvgIpc) is 2.30. The molecule has 0 radical (unpaired) electrons. The molecule has 0 aliphatic heterocycles. The second-order valence-corrected chi connectivity index (χ2v) is 4.60. The molecule has 4 heteroatoms. The van der Waals surface area contributed by atoms with Crippen molar-refractivity contribution in [2.24, 2.45) is 0 Å². The molecule has 16 heavy (non-hydrogen) atoms. The van der Waals surface area contributed by atoms with E-state index in [1.54, 1.807) is 12.3 Å². The molecule has 1 fully saturated rings. The average molecular weight is 220 g/mol. The first-order valence-electron chi connectivity index (χ1n) is 6.03. The summed E-state index contributed by atoms with van der Waals surface area (Å²) in [5.74, 6) is 1.38. The van der Waals surface area contributed by atoms with Crippen LogP contribution in [0, 0.1) is 0 Å². The minimum absolute atomic E-state index is 0.557. The Bertz CT molecular complexity index is 334. The molecule has 0 saturated heterocycles. The molecule has 1 aromatic heterocycles. The summed E-state index contributed by atoms with van der Waals surface area (Å²) in [5.41, 5.74) is 5.64. The number of anilines is 1. The number of hydrogen-bond donors (Lipinski definition) is 1. The molecule has 2 N–H and O–H groups in total. The maximum absolute atomic E-state index is 5.64. The molecule has 0 aromatic carbocycles. The molecular weight excluding hydrogens is 200 g/mol. The summed E-state index contributed by atoms with van der Waals surface area (Å²) in [6, 6.07) is 2.42. The normalized spacial score (nSPS) is 17.9. The van der Waals surface area contributed by atoms with Crippen LogP contribution in [-0.2, 0) is 6.54 Å². The Morgan fingerprint density at radius 3 is 2.81 bits per heavy atom. The summed E-state index contributed by atoms with van der Waals surface area (Å²) in [7, 11) is 2.16. The lowest BCUT2D eigenvalue weighted by atomic mass is 9.94. The third kappa shape index (κ3) is 2.92. The van der Waals surface area contributed by atoms with E-state index in [2.05, 4.69) is 21.9 Å². The van der Waals surface area contributed by atoms with Crippen LogP contribution in [0.1, 0.15) is 37.9 Å². The molecule has 4 nitrogen and oxygen atoms in total. The van der Waals surface area contributed by atoms with Crippen LogP contribution in [-0.4, -0.2) is 28.0 Å². The largest absolute Gasteiger partial charge is 0.384 e. The predicted molar refractivity (Wildman–Crippen MR) is 64.8 cm³/mol. The van der Waals surface area contributed by atoms with Gasteiger partial charge in [-0.2, -0.15) is 0 Å². The first-order chi connectivity index (χ1) is 7.75. The van der Waals surface area contributed by atoms with Crippen molar-refractivity contribution in [2.75, 3.05) is 12.8 Å². The zero-order valence-corrected chi connectivity index (χ0v) is 9.89. The highest BCUT2D eigenvalue weighted by molar-refractivity contribution is 5.24. The number of rotatable bonds is 3. The maximum Gasteiger partial charge on any atom is 0.144 e. The Hall–Kier alpha value is -1.16. The minimum atomic E-state index is 0.557. The first-order valence-corrected chi connectivity index (χ1v) is 6.03. The fourth-order valence-corrected chi connectivity index (χ4v) is 2.36. The summed E-state index contributed by atoms with van der Waals surface area (Å²) in [6.07, 6.45) is 8.43. The van der Waals surface area contributed by atoms with Gasteiger partial charge < -0.3 is 5.73 Å². The van der Waals surface area contributed by atoms with Crippen molar-refractivity contribution in [1.29, 1.82) is 0 Å². The van der Waals surface area contributed by atoms with Crippen molar-refractivity contribution in [1.82, 2.24) is 14.9 Å². The molecule has 0 amide bonds. The van der Waals surface area contributed by atoms with Crippen molar-refractivity contribution in [2.45, 2.75) is 44.7 Å². The molecule has 0 atom stereocenters. The smallest absolute Gasteiger partial charge is 0.144 e. The Balaban J connectivity index is 1.93. The van der Waals surface area contributed by atoms with E-state index in [-0.39, 0.29) is 0 Å². The Labute approximate surface area is 96.9 Å². The van der Waals surface area contributed by atoms with Gasteiger partial charge in [0.1, 0.15) is 11.6 Å². The number of aromatic nitrogens is 2. The Kier molecular flexibility index (Phi) is 3.72. The van der Waals surface area contributed by atoms with E-state index >= 15 is 0 Å². The molecule has 1 saturated carbocycles. The van der Waals surface area contributed by atoms with E-state index in [0.717, 1.165) is 12.4 Å². The standard InChI is InChI=1S/C12H20N4/c1-16(10-5-3-2-4-6-10)9-12-14-8-7-11(13)15-12/h7-8,10H,2-6,9H2,1H3,(H2,13,14,15). The van der Waals surface area contributed by atoms with Crippen molar-refractivity contribution < 1.29 is 0 Å². The third-order valence-corrected chi connectivity index (χ3v) is 3.32. The lowest BCUT2D eigenvalue weighted by molar-refractivity contribution is 0.181. The second-order valence-electron chi connectivity index (χ2n) is 4.60. The van der Waals surface area contributed by atoms with E-state index in [4.69, 9.17) is 5.73 Å². The van der Waals surface area contributed by atoms with Gasteiger partial charge in [-0.05, 0) is 26.0 Å². The quantitative estimate of drug-likeness (QED) is 0.844. The summed E-state index contributed by atoms with van der Waals surface area (Å²) >= 11 is 0. The second kappa shape index (κ2) is 5.25. The Morgan fingerprint density at radius 2 is 2.12 bits per heavy atom. The van der Waals surface area contributed by atoms with Crippen LogP contribution in [0.15, 0.2) is 12.3 Å². The fourth-order valence-electron chi connectivity index (χ4n) is 2.36. The number of nitrogen functional groups attached to an aromatic ring is 1. The van der Waals surface area contributed by atoms with Crippen molar-refractivity contribution in [3.05, 3.63) is 18.1 Å². The van der Waals surface area contributed by atoms with Gasteiger partial charge in [0.15, 0.2) is 0 Å². The fraction of sp³-hybridized carbons (Fsp3) is 0.667. The molecule has 1 aliphatic rings. The number of nitrogens with zero attached hydrogens (tertiary/aromatic N) is 3. The van der Waals surface area contributed by atoms with E-state index in [9.17, 15) is 0 Å². The predicted octanol–water partition coefficient (Wildman–Crippen LogP) is 1.82. The van der Waals surface area contributed by atoms with E-state index in [0.29, 0.717) is 11.9 Å². The Morgan fingerprint density at radius 1 is 1.38 bits per heavy atom. The summed E-state index contributed by atoms with van der Waals surface area (Å²) in [6.45, 7) is 0.801. The highest BCUT2D eigenvalue weighted by Gasteiger charge is 2.18. The minimum Gasteiger partial charge on any atom is -0.384 e. The maximum atomic E-state index is 5.64. The molecule has 1 aliphatic carbocycles. The van der Waals surface area contributed by atoms with Crippen LogP contribution < -0.4 is 5.73 Å². The zero-order chi connectivity index (χ0) is 11.4. The van der Waals surface area contributed by atoms with E-state index in [1.165, 1.54) is 32.1 Å².